The second kappa shape index (κ2) is 7.62. The first-order chi connectivity index (χ1) is 13.4. The molecule has 2 atom stereocenters. The lowest BCUT2D eigenvalue weighted by Crippen LogP contribution is -2.31. The van der Waals surface area contributed by atoms with E-state index in [4.69, 9.17) is 9.15 Å². The van der Waals surface area contributed by atoms with Gasteiger partial charge in [0, 0.05) is 23.3 Å². The first-order valence-electron chi connectivity index (χ1n) is 9.35. The summed E-state index contributed by atoms with van der Waals surface area (Å²) in [6.07, 6.45) is 0.847. The van der Waals surface area contributed by atoms with E-state index in [1.165, 1.54) is 0 Å². The molecule has 1 saturated heterocycles. The van der Waals surface area contributed by atoms with E-state index in [1.54, 1.807) is 0 Å². The molecule has 0 bridgehead atoms. The third-order valence-electron chi connectivity index (χ3n) is 5.02. The van der Waals surface area contributed by atoms with Crippen LogP contribution in [0.5, 0.6) is 5.75 Å². The molecule has 0 radical (unpaired) electrons. The zero-order valence-corrected chi connectivity index (χ0v) is 17.1. The van der Waals surface area contributed by atoms with Crippen molar-refractivity contribution in [2.45, 2.75) is 44.6 Å². The summed E-state index contributed by atoms with van der Waals surface area (Å²) in [5, 5.41) is 0. The lowest BCUT2D eigenvalue weighted by atomic mass is 9.97. The van der Waals surface area contributed by atoms with Crippen molar-refractivity contribution in [3.8, 4) is 17.2 Å². The number of nitrogens with one attached hydrogen (secondary N) is 1. The number of oxazole rings is 1. The van der Waals surface area contributed by atoms with E-state index in [0.29, 0.717) is 12.5 Å². The van der Waals surface area contributed by atoms with Crippen LogP contribution in [0.25, 0.3) is 11.5 Å². The maximum Gasteiger partial charge on any atom is 0.226 e. The summed E-state index contributed by atoms with van der Waals surface area (Å²) in [6, 6.07) is 17.9. The number of rotatable bonds is 5. The Labute approximate surface area is 168 Å². The highest BCUT2D eigenvalue weighted by Crippen LogP contribution is 2.37. The Balaban J connectivity index is 1.40. The van der Waals surface area contributed by atoms with Crippen molar-refractivity contribution in [1.29, 1.82) is 0 Å². The fraction of sp³-hybridized carbons (Fsp3) is 0.318. The van der Waals surface area contributed by atoms with Crippen molar-refractivity contribution in [3.63, 3.8) is 0 Å². The number of aromatic nitrogens is 1. The van der Waals surface area contributed by atoms with Crippen LogP contribution < -0.4 is 9.46 Å². The maximum atomic E-state index is 12.1. The molecule has 4 rings (SSSR count). The number of hydrogen-bond donors (Lipinski definition) is 1. The van der Waals surface area contributed by atoms with Gasteiger partial charge in [-0.05, 0) is 50.6 Å². The quantitative estimate of drug-likeness (QED) is 0.633. The average molecular weight is 397 g/mol. The van der Waals surface area contributed by atoms with E-state index >= 15 is 0 Å². The van der Waals surface area contributed by atoms with Crippen molar-refractivity contribution in [1.82, 2.24) is 9.71 Å². The molecule has 1 aliphatic heterocycles. The molecule has 0 saturated carbocycles. The Bertz CT molecular complexity index is 938. The predicted octanol–water partition coefficient (Wildman–Crippen LogP) is 4.71. The van der Waals surface area contributed by atoms with Gasteiger partial charge in [-0.15, -0.1) is 4.72 Å². The summed E-state index contributed by atoms with van der Waals surface area (Å²) in [7, 11) is 0. The third-order valence-corrected chi connectivity index (χ3v) is 6.69. The van der Waals surface area contributed by atoms with Crippen molar-refractivity contribution in [3.05, 3.63) is 71.6 Å². The van der Waals surface area contributed by atoms with Gasteiger partial charge in [0.2, 0.25) is 5.89 Å². The SMILES string of the molecule is Cc1oc(-c2ccccc2)nc1COc1ccc([C@@H]2CC(C)(C)[S@@+]([O-])N2)cc1. The highest BCUT2D eigenvalue weighted by atomic mass is 32.2. The number of nitrogens with zero attached hydrogens (tertiary/aromatic N) is 1. The highest BCUT2D eigenvalue weighted by molar-refractivity contribution is 7.91. The topological polar surface area (TPSA) is 70.4 Å². The molecule has 0 unspecified atom stereocenters. The van der Waals surface area contributed by atoms with Gasteiger partial charge in [0.15, 0.2) is 0 Å². The zero-order chi connectivity index (χ0) is 19.7. The Hall–Kier alpha value is -2.28. The molecule has 1 fully saturated rings. The van der Waals surface area contributed by atoms with Gasteiger partial charge in [-0.25, -0.2) is 4.98 Å². The van der Waals surface area contributed by atoms with Crippen LogP contribution in [-0.2, 0) is 18.0 Å². The van der Waals surface area contributed by atoms with Crippen LogP contribution in [0, 0.1) is 6.92 Å². The van der Waals surface area contributed by atoms with Crippen molar-refractivity contribution < 1.29 is 13.7 Å². The Morgan fingerprint density at radius 1 is 1.18 bits per heavy atom. The highest BCUT2D eigenvalue weighted by Gasteiger charge is 2.44. The monoisotopic (exact) mass is 396 g/mol. The Kier molecular flexibility index (Phi) is 5.19. The number of benzene rings is 2. The largest absolute Gasteiger partial charge is 0.598 e. The Morgan fingerprint density at radius 3 is 2.54 bits per heavy atom. The van der Waals surface area contributed by atoms with E-state index < -0.39 is 11.4 Å². The summed E-state index contributed by atoms with van der Waals surface area (Å²) in [5.41, 5.74) is 2.86. The molecule has 1 aliphatic rings. The fourth-order valence-electron chi connectivity index (χ4n) is 3.30. The van der Waals surface area contributed by atoms with Crippen LogP contribution in [0.2, 0.25) is 0 Å². The van der Waals surface area contributed by atoms with Gasteiger partial charge in [0.25, 0.3) is 0 Å². The van der Waals surface area contributed by atoms with Gasteiger partial charge in [0.05, 0.1) is 6.04 Å². The van der Waals surface area contributed by atoms with Gasteiger partial charge >= 0.3 is 0 Å². The average Bonchev–Trinajstić information content (AvgIpc) is 3.20. The minimum atomic E-state index is -1.01. The predicted molar refractivity (Wildman–Crippen MR) is 110 cm³/mol. The van der Waals surface area contributed by atoms with Crippen molar-refractivity contribution >= 4 is 11.4 Å². The zero-order valence-electron chi connectivity index (χ0n) is 16.3. The number of hydrogen-bond acceptors (Lipinski definition) is 5. The van der Waals surface area contributed by atoms with E-state index in [0.717, 1.165) is 34.8 Å². The minimum Gasteiger partial charge on any atom is -0.598 e. The van der Waals surface area contributed by atoms with Gasteiger partial charge in [0.1, 0.15) is 28.6 Å². The first-order valence-corrected chi connectivity index (χ1v) is 10.5. The normalized spacial score (nSPS) is 21.0. The molecule has 2 heterocycles. The fourth-order valence-corrected chi connectivity index (χ4v) is 4.41. The van der Waals surface area contributed by atoms with E-state index in [9.17, 15) is 4.55 Å². The maximum absolute atomic E-state index is 12.1. The van der Waals surface area contributed by atoms with Crippen molar-refractivity contribution in [2.75, 3.05) is 0 Å². The Morgan fingerprint density at radius 2 is 1.89 bits per heavy atom. The van der Waals surface area contributed by atoms with E-state index in [-0.39, 0.29) is 10.8 Å². The summed E-state index contributed by atoms with van der Waals surface area (Å²) < 4.78 is 26.7. The molecular weight excluding hydrogens is 372 g/mol. The molecule has 2 aromatic carbocycles. The molecule has 0 spiro atoms. The number of aryl methyl sites for hydroxylation is 1. The molecule has 0 amide bonds. The van der Waals surface area contributed by atoms with Crippen LogP contribution in [0.15, 0.2) is 59.0 Å². The summed E-state index contributed by atoms with van der Waals surface area (Å²) in [4.78, 5) is 4.56. The van der Waals surface area contributed by atoms with Crippen LogP contribution in [0.4, 0.5) is 0 Å². The third kappa shape index (κ3) is 3.94. The van der Waals surface area contributed by atoms with Gasteiger partial charge in [-0.2, -0.15) is 0 Å². The van der Waals surface area contributed by atoms with Gasteiger partial charge < -0.3 is 13.7 Å². The number of ether oxygens (including phenoxy) is 1. The van der Waals surface area contributed by atoms with Crippen LogP contribution in [0.3, 0.4) is 0 Å². The van der Waals surface area contributed by atoms with Crippen LogP contribution in [-0.4, -0.2) is 14.3 Å². The molecule has 3 aromatic rings. The summed E-state index contributed by atoms with van der Waals surface area (Å²) >= 11 is -1.01. The molecular formula is C22H24N2O3S. The van der Waals surface area contributed by atoms with Crippen LogP contribution in [0.1, 0.15) is 43.3 Å². The molecule has 0 aliphatic carbocycles. The van der Waals surface area contributed by atoms with Crippen LogP contribution >= 0.6 is 0 Å². The molecule has 28 heavy (non-hydrogen) atoms. The standard InChI is InChI=1S/C22H24N2O3S/c1-15-20(23-21(27-15)17-7-5-4-6-8-17)14-26-18-11-9-16(10-12-18)19-13-22(2,3)28(25)24-19/h4-12,19,24H,13-14H2,1-3H3/t19-,28+/m0/s1. The minimum absolute atomic E-state index is 0.107. The molecule has 6 heteroatoms. The second-order valence-corrected chi connectivity index (χ2v) is 9.53. The van der Waals surface area contributed by atoms with Crippen molar-refractivity contribution in [2.24, 2.45) is 0 Å². The molecule has 1 N–H and O–H groups in total. The summed E-state index contributed by atoms with van der Waals surface area (Å²) in [6.45, 7) is 6.30. The molecule has 146 valence electrons. The van der Waals surface area contributed by atoms with Gasteiger partial charge in [-0.3, -0.25) is 0 Å². The smallest absolute Gasteiger partial charge is 0.226 e. The lowest BCUT2D eigenvalue weighted by molar-refractivity contribution is 0.299. The summed E-state index contributed by atoms with van der Waals surface area (Å²) in [5.74, 6) is 2.14. The molecule has 5 nitrogen and oxygen atoms in total. The lowest BCUT2D eigenvalue weighted by Gasteiger charge is -2.17. The van der Waals surface area contributed by atoms with Gasteiger partial charge in [-0.1, -0.05) is 30.3 Å². The molecule has 1 aromatic heterocycles. The van der Waals surface area contributed by atoms with E-state index in [2.05, 4.69) is 9.71 Å². The second-order valence-electron chi connectivity index (χ2n) is 7.65. The first kappa shape index (κ1) is 19.1. The van der Waals surface area contributed by atoms with E-state index in [1.807, 2.05) is 75.4 Å².